The quantitative estimate of drug-likeness (QED) is 0.261. The Morgan fingerprint density at radius 2 is 1.83 bits per heavy atom. The number of rotatable bonds is 8. The van der Waals surface area contributed by atoms with Crippen molar-refractivity contribution < 1.29 is 19.2 Å². The highest BCUT2D eigenvalue weighted by atomic mass is 32.1. The molecule has 0 aliphatic rings. The molecule has 2 aromatic rings. The zero-order chi connectivity index (χ0) is 21.2. The first kappa shape index (κ1) is 21.9. The number of benzene rings is 2. The van der Waals surface area contributed by atoms with Crippen molar-refractivity contribution in [2.45, 2.75) is 6.42 Å². The fraction of sp³-hybridized carbons (Fsp3) is 0.211. The van der Waals surface area contributed by atoms with E-state index >= 15 is 0 Å². The lowest BCUT2D eigenvalue weighted by molar-refractivity contribution is -0.384. The average Bonchev–Trinajstić information content (AvgIpc) is 2.71. The number of carbonyl (C=O) groups excluding carboxylic acids is 2. The van der Waals surface area contributed by atoms with Gasteiger partial charge in [0.2, 0.25) is 0 Å². The Balaban J connectivity index is 1.89. The van der Waals surface area contributed by atoms with Crippen molar-refractivity contribution in [1.82, 2.24) is 10.6 Å². The van der Waals surface area contributed by atoms with Gasteiger partial charge in [-0.1, -0.05) is 6.07 Å². The third-order valence-corrected chi connectivity index (χ3v) is 3.97. The molecule has 29 heavy (non-hydrogen) atoms. The molecule has 0 heterocycles. The smallest absolute Gasteiger partial charge is 0.270 e. The summed E-state index contributed by atoms with van der Waals surface area (Å²) in [4.78, 5) is 34.4. The number of ether oxygens (including phenoxy) is 1. The minimum atomic E-state index is -0.581. The molecule has 0 aromatic heterocycles. The highest BCUT2D eigenvalue weighted by Crippen LogP contribution is 2.13. The summed E-state index contributed by atoms with van der Waals surface area (Å²) in [6.07, 6.45) is 0.723. The van der Waals surface area contributed by atoms with Crippen LogP contribution in [-0.2, 0) is 4.74 Å². The highest BCUT2D eigenvalue weighted by Gasteiger charge is 2.13. The van der Waals surface area contributed by atoms with Crippen molar-refractivity contribution in [3.63, 3.8) is 0 Å². The number of nitro benzene ring substituents is 1. The number of nitrogens with zero attached hydrogens (tertiary/aromatic N) is 1. The molecule has 0 aliphatic carbocycles. The Morgan fingerprint density at radius 1 is 1.10 bits per heavy atom. The number of carbonyl (C=O) groups is 2. The first-order valence-corrected chi connectivity index (χ1v) is 9.05. The zero-order valence-corrected chi connectivity index (χ0v) is 16.5. The molecule has 9 nitrogen and oxygen atoms in total. The predicted molar refractivity (Wildman–Crippen MR) is 112 cm³/mol. The molecular formula is C19H20N4O5S. The normalized spacial score (nSPS) is 10.1. The van der Waals surface area contributed by atoms with Gasteiger partial charge in [-0.2, -0.15) is 0 Å². The average molecular weight is 416 g/mol. The summed E-state index contributed by atoms with van der Waals surface area (Å²) in [6.45, 7) is 1.09. The third kappa shape index (κ3) is 6.94. The number of hydrogen-bond acceptors (Lipinski definition) is 6. The largest absolute Gasteiger partial charge is 0.385 e. The number of amides is 2. The van der Waals surface area contributed by atoms with Crippen molar-refractivity contribution in [2.24, 2.45) is 0 Å². The van der Waals surface area contributed by atoms with Gasteiger partial charge in [-0.15, -0.1) is 0 Å². The maximum absolute atomic E-state index is 12.2. The van der Waals surface area contributed by atoms with Gasteiger partial charge in [0.25, 0.3) is 17.5 Å². The van der Waals surface area contributed by atoms with E-state index < -0.39 is 10.8 Å². The van der Waals surface area contributed by atoms with Gasteiger partial charge in [0.1, 0.15) is 0 Å². The lowest BCUT2D eigenvalue weighted by Gasteiger charge is -2.10. The van der Waals surface area contributed by atoms with E-state index in [9.17, 15) is 19.7 Å². The van der Waals surface area contributed by atoms with Crippen molar-refractivity contribution in [1.29, 1.82) is 0 Å². The number of hydrogen-bond donors (Lipinski definition) is 3. The Bertz CT molecular complexity index is 902. The van der Waals surface area contributed by atoms with E-state index in [0.717, 1.165) is 12.5 Å². The van der Waals surface area contributed by atoms with Crippen LogP contribution in [0.15, 0.2) is 48.5 Å². The molecule has 0 atom stereocenters. The van der Waals surface area contributed by atoms with Crippen LogP contribution >= 0.6 is 12.2 Å². The van der Waals surface area contributed by atoms with Crippen LogP contribution in [0.5, 0.6) is 0 Å². The molecule has 2 amide bonds. The molecular weight excluding hydrogens is 396 g/mol. The summed E-state index contributed by atoms with van der Waals surface area (Å²) in [5.74, 6) is -0.771. The molecule has 0 saturated carbocycles. The third-order valence-electron chi connectivity index (χ3n) is 3.76. The van der Waals surface area contributed by atoms with Gasteiger partial charge in [-0.3, -0.25) is 25.0 Å². The molecule has 152 valence electrons. The molecule has 0 saturated heterocycles. The van der Waals surface area contributed by atoms with Crippen molar-refractivity contribution in [2.75, 3.05) is 25.6 Å². The number of anilines is 1. The van der Waals surface area contributed by atoms with Crippen molar-refractivity contribution in [3.8, 4) is 0 Å². The first-order valence-electron chi connectivity index (χ1n) is 8.64. The van der Waals surface area contributed by atoms with E-state index in [1.165, 1.54) is 18.2 Å². The van der Waals surface area contributed by atoms with E-state index in [1.54, 1.807) is 31.4 Å². The van der Waals surface area contributed by atoms with Crippen LogP contribution in [0.2, 0.25) is 0 Å². The maximum atomic E-state index is 12.2. The number of nitrogens with one attached hydrogen (secondary N) is 3. The topological polar surface area (TPSA) is 123 Å². The van der Waals surface area contributed by atoms with Gasteiger partial charge in [-0.05, 0) is 49.0 Å². The van der Waals surface area contributed by atoms with Crippen LogP contribution < -0.4 is 16.0 Å². The lowest BCUT2D eigenvalue weighted by atomic mass is 10.2. The molecule has 0 radical (unpaired) electrons. The van der Waals surface area contributed by atoms with E-state index in [0.29, 0.717) is 24.4 Å². The summed E-state index contributed by atoms with van der Waals surface area (Å²) in [6, 6.07) is 11.9. The summed E-state index contributed by atoms with van der Waals surface area (Å²) in [5, 5.41) is 18.9. The summed E-state index contributed by atoms with van der Waals surface area (Å²) in [5.41, 5.74) is 0.987. The Kier molecular flexibility index (Phi) is 8.19. The van der Waals surface area contributed by atoms with Gasteiger partial charge in [0.05, 0.1) is 4.92 Å². The van der Waals surface area contributed by atoms with E-state index in [1.807, 2.05) is 0 Å². The van der Waals surface area contributed by atoms with Crippen LogP contribution in [0.3, 0.4) is 0 Å². The lowest BCUT2D eigenvalue weighted by Crippen LogP contribution is -2.34. The van der Waals surface area contributed by atoms with Gasteiger partial charge in [0.15, 0.2) is 5.11 Å². The number of nitro groups is 1. The van der Waals surface area contributed by atoms with Crippen molar-refractivity contribution >= 4 is 40.5 Å². The van der Waals surface area contributed by atoms with Gasteiger partial charge in [-0.25, -0.2) is 0 Å². The molecule has 0 bridgehead atoms. The molecule has 0 aliphatic heterocycles. The second-order valence-corrected chi connectivity index (χ2v) is 6.30. The Labute approximate surface area is 172 Å². The molecule has 0 spiro atoms. The highest BCUT2D eigenvalue weighted by molar-refractivity contribution is 7.80. The fourth-order valence-corrected chi connectivity index (χ4v) is 2.53. The standard InChI is InChI=1S/C19H20N4O5S/c1-28-11-3-10-20-17(24)13-6-8-15(9-7-13)21-19(29)22-18(25)14-4-2-5-16(12-14)23(26)27/h2,4-9,12H,3,10-11H2,1H3,(H,20,24)(H2,21,22,25,29). The van der Waals surface area contributed by atoms with Crippen LogP contribution in [0.4, 0.5) is 11.4 Å². The zero-order valence-electron chi connectivity index (χ0n) is 15.6. The number of thiocarbonyl (C=S) groups is 1. The molecule has 10 heteroatoms. The summed E-state index contributed by atoms with van der Waals surface area (Å²) >= 11 is 5.10. The molecule has 3 N–H and O–H groups in total. The summed E-state index contributed by atoms with van der Waals surface area (Å²) < 4.78 is 4.92. The second kappa shape index (κ2) is 10.8. The maximum Gasteiger partial charge on any atom is 0.270 e. The van der Waals surface area contributed by atoms with E-state index in [2.05, 4.69) is 16.0 Å². The van der Waals surface area contributed by atoms with Gasteiger partial charge < -0.3 is 15.4 Å². The number of non-ortho nitro benzene ring substituents is 1. The molecule has 2 aromatic carbocycles. The van der Waals surface area contributed by atoms with Crippen LogP contribution in [0.1, 0.15) is 27.1 Å². The molecule has 0 unspecified atom stereocenters. The van der Waals surface area contributed by atoms with E-state index in [-0.39, 0.29) is 22.3 Å². The second-order valence-electron chi connectivity index (χ2n) is 5.90. The van der Waals surface area contributed by atoms with Crippen LogP contribution in [0, 0.1) is 10.1 Å². The van der Waals surface area contributed by atoms with Gasteiger partial charge in [0, 0.05) is 49.2 Å². The predicted octanol–water partition coefficient (Wildman–Crippen LogP) is 2.49. The SMILES string of the molecule is COCCCNC(=O)c1ccc(NC(=S)NC(=O)c2cccc([N+](=O)[O-])c2)cc1. The van der Waals surface area contributed by atoms with Crippen LogP contribution in [-0.4, -0.2) is 42.1 Å². The summed E-state index contributed by atoms with van der Waals surface area (Å²) in [7, 11) is 1.60. The monoisotopic (exact) mass is 416 g/mol. The van der Waals surface area contributed by atoms with Gasteiger partial charge >= 0.3 is 0 Å². The van der Waals surface area contributed by atoms with Crippen molar-refractivity contribution in [3.05, 3.63) is 69.8 Å². The number of methoxy groups -OCH3 is 1. The Hall–Kier alpha value is -3.37. The first-order chi connectivity index (χ1) is 13.9. The Morgan fingerprint density at radius 3 is 2.48 bits per heavy atom. The minimum absolute atomic E-state index is 0.0262. The molecule has 2 rings (SSSR count). The fourth-order valence-electron chi connectivity index (χ4n) is 2.32. The van der Waals surface area contributed by atoms with Crippen LogP contribution in [0.25, 0.3) is 0 Å². The minimum Gasteiger partial charge on any atom is -0.385 e. The molecule has 0 fully saturated rings. The van der Waals surface area contributed by atoms with E-state index in [4.69, 9.17) is 17.0 Å².